The maximum absolute atomic E-state index is 15.1. The van der Waals surface area contributed by atoms with Crippen LogP contribution in [0, 0.1) is 11.7 Å². The van der Waals surface area contributed by atoms with Crippen molar-refractivity contribution in [3.8, 4) is 5.75 Å². The zero-order valence-electron chi connectivity index (χ0n) is 31.0. The van der Waals surface area contributed by atoms with Gasteiger partial charge in [0.15, 0.2) is 0 Å². The molecule has 9 rings (SSSR count). The molecular formula is C39H48FN9O5S. The number of carbonyl (C=O) groups is 2. The number of fused-ring (bicyclic) bond motifs is 2. The first-order chi connectivity index (χ1) is 26.8. The van der Waals surface area contributed by atoms with E-state index in [0.717, 1.165) is 102 Å². The summed E-state index contributed by atoms with van der Waals surface area (Å²) in [5.41, 5.74) is 1.81. The number of H-pyrrole nitrogens is 1. The first-order valence-corrected chi connectivity index (χ1v) is 20.8. The molecule has 8 heterocycles. The van der Waals surface area contributed by atoms with Gasteiger partial charge in [0.05, 0.1) is 24.1 Å². The monoisotopic (exact) mass is 773 g/mol. The summed E-state index contributed by atoms with van der Waals surface area (Å²) in [5, 5.41) is 2.84. The van der Waals surface area contributed by atoms with Gasteiger partial charge in [-0.15, -0.1) is 0 Å². The number of benzene rings is 1. The molecule has 0 aliphatic carbocycles. The number of nitrogens with zero attached hydrogens (tertiary/aromatic N) is 7. The molecule has 292 valence electrons. The van der Waals surface area contributed by atoms with E-state index in [0.29, 0.717) is 65.1 Å². The Morgan fingerprint density at radius 2 is 1.73 bits per heavy atom. The van der Waals surface area contributed by atoms with Crippen LogP contribution in [-0.4, -0.2) is 124 Å². The summed E-state index contributed by atoms with van der Waals surface area (Å²) in [7, 11) is 0. The van der Waals surface area contributed by atoms with Gasteiger partial charge < -0.3 is 19.4 Å². The number of urea groups is 1. The molecule has 1 aromatic carbocycles. The Morgan fingerprint density at radius 3 is 2.51 bits per heavy atom. The molecule has 5 aliphatic heterocycles. The van der Waals surface area contributed by atoms with Crippen molar-refractivity contribution in [2.75, 3.05) is 75.4 Å². The van der Waals surface area contributed by atoms with E-state index in [2.05, 4.69) is 47.1 Å². The summed E-state index contributed by atoms with van der Waals surface area (Å²) in [6, 6.07) is 7.96. The molecule has 14 nitrogen and oxygen atoms in total. The molecule has 0 atom stereocenters. The summed E-state index contributed by atoms with van der Waals surface area (Å²) >= 11 is 1.76. The number of carbonyl (C=O) groups excluding carboxylic acids is 2. The number of imide groups is 1. The number of piperidine rings is 2. The van der Waals surface area contributed by atoms with Crippen LogP contribution in [0.15, 0.2) is 41.5 Å². The van der Waals surface area contributed by atoms with Crippen LogP contribution in [0.4, 0.5) is 20.7 Å². The number of aromatic nitrogens is 4. The van der Waals surface area contributed by atoms with Gasteiger partial charge in [0.2, 0.25) is 5.91 Å². The lowest BCUT2D eigenvalue weighted by Gasteiger charge is -2.52. The lowest BCUT2D eigenvalue weighted by molar-refractivity contribution is -0.120. The van der Waals surface area contributed by atoms with Gasteiger partial charge in [-0.25, -0.2) is 19.2 Å². The number of hydrogen-bond donors (Lipinski definition) is 2. The predicted octanol–water partition coefficient (Wildman–Crippen LogP) is 4.01. The van der Waals surface area contributed by atoms with Gasteiger partial charge in [-0.05, 0) is 63.6 Å². The average Bonchev–Trinajstić information content (AvgIpc) is 3.60. The minimum Gasteiger partial charge on any atom is -0.493 e. The van der Waals surface area contributed by atoms with Gasteiger partial charge >= 0.3 is 6.03 Å². The van der Waals surface area contributed by atoms with Crippen LogP contribution in [0.5, 0.6) is 5.75 Å². The Hall–Kier alpha value is -4.25. The zero-order chi connectivity index (χ0) is 37.5. The number of ether oxygens (including phenoxy) is 2. The molecule has 0 spiro atoms. The van der Waals surface area contributed by atoms with Crippen molar-refractivity contribution in [3.63, 3.8) is 0 Å². The minimum atomic E-state index is -0.601. The maximum Gasteiger partial charge on any atom is 0.329 e. The quantitative estimate of drug-likeness (QED) is 0.242. The van der Waals surface area contributed by atoms with Gasteiger partial charge in [-0.1, -0.05) is 0 Å². The van der Waals surface area contributed by atoms with Crippen molar-refractivity contribution in [1.82, 2.24) is 34.5 Å². The second kappa shape index (κ2) is 15.7. The topological polar surface area (TPSA) is 141 Å². The Morgan fingerprint density at radius 1 is 0.927 bits per heavy atom. The number of pyridine rings is 1. The SMILES string of the molecule is O=C1CCN(c2cnc3cc(N4CCC(N5CC(N6CCC(COc7cc(F)c8c(=O)[nH]c(CSC9CCOCC9)nc8c7)CC6)C5)CC4)ccn23)C(=O)N1. The van der Waals surface area contributed by atoms with Gasteiger partial charge in [0, 0.05) is 99.8 Å². The fraction of sp³-hybridized carbons (Fsp3) is 0.564. The third-order valence-electron chi connectivity index (χ3n) is 12.1. The van der Waals surface area contributed by atoms with E-state index >= 15 is 4.39 Å². The number of thioether (sulfide) groups is 1. The fourth-order valence-corrected chi connectivity index (χ4v) is 9.84. The second-order valence-electron chi connectivity index (χ2n) is 15.5. The summed E-state index contributed by atoms with van der Waals surface area (Å²) in [6.45, 7) is 8.68. The Bertz CT molecular complexity index is 2100. The highest BCUT2D eigenvalue weighted by atomic mass is 32.2. The van der Waals surface area contributed by atoms with Crippen molar-refractivity contribution in [3.05, 3.63) is 58.7 Å². The molecule has 5 fully saturated rings. The first kappa shape index (κ1) is 36.4. The molecule has 4 aromatic rings. The van der Waals surface area contributed by atoms with E-state index in [4.69, 9.17) is 9.47 Å². The second-order valence-corrected chi connectivity index (χ2v) is 16.8. The van der Waals surface area contributed by atoms with Gasteiger partial charge in [-0.2, -0.15) is 11.8 Å². The van der Waals surface area contributed by atoms with Crippen LogP contribution < -0.4 is 25.4 Å². The first-order valence-electron chi connectivity index (χ1n) is 19.7. The Balaban J connectivity index is 0.714. The lowest BCUT2D eigenvalue weighted by atomic mass is 9.92. The minimum absolute atomic E-state index is 0.0185. The molecule has 0 radical (unpaired) electrons. The van der Waals surface area contributed by atoms with Crippen LogP contribution in [-0.2, 0) is 15.3 Å². The summed E-state index contributed by atoms with van der Waals surface area (Å²) in [4.78, 5) is 57.9. The molecular weight excluding hydrogens is 726 g/mol. The van der Waals surface area contributed by atoms with E-state index in [1.165, 1.54) is 6.07 Å². The van der Waals surface area contributed by atoms with Gasteiger partial charge in [0.1, 0.15) is 34.2 Å². The lowest BCUT2D eigenvalue weighted by Crippen LogP contribution is -2.64. The largest absolute Gasteiger partial charge is 0.493 e. The van der Waals surface area contributed by atoms with Crippen LogP contribution in [0.1, 0.15) is 50.8 Å². The molecule has 0 unspecified atom stereocenters. The van der Waals surface area contributed by atoms with Crippen molar-refractivity contribution >= 4 is 51.8 Å². The number of likely N-dealkylation sites (tertiary alicyclic amines) is 2. The third-order valence-corrected chi connectivity index (χ3v) is 13.5. The third kappa shape index (κ3) is 7.78. The van der Waals surface area contributed by atoms with Crippen molar-refractivity contribution < 1.29 is 23.5 Å². The van der Waals surface area contributed by atoms with Crippen LogP contribution in [0.3, 0.4) is 0 Å². The molecule has 3 amide bonds. The number of anilines is 2. The average molecular weight is 774 g/mol. The summed E-state index contributed by atoms with van der Waals surface area (Å²) in [6.07, 6.45) is 10.2. The maximum atomic E-state index is 15.1. The smallest absolute Gasteiger partial charge is 0.329 e. The van der Waals surface area contributed by atoms with Gasteiger partial charge in [-0.3, -0.25) is 34.0 Å². The van der Waals surface area contributed by atoms with Crippen molar-refractivity contribution in [2.45, 2.75) is 68.0 Å². The molecule has 55 heavy (non-hydrogen) atoms. The molecule has 2 N–H and O–H groups in total. The van der Waals surface area contributed by atoms with E-state index in [1.807, 2.05) is 10.6 Å². The molecule has 16 heteroatoms. The standard InChI is InChI=1S/C39H48FN9O5S/c40-31-18-29(19-32-37(31)38(51)43-33(42-32)24-55-30-7-15-53-16-8-30)54-23-25-1-9-46(10-2-25)28-21-47(22-28)26-3-11-45(12-4-26)27-5-13-48-34(17-27)41-20-36(48)49-14-6-35(50)44-39(49)52/h5,13,17-20,25-26,28,30H,1-4,6-12,14-16,21-24H2,(H,42,43,51)(H,44,50,52). The van der Waals surface area contributed by atoms with Crippen molar-refractivity contribution in [1.29, 1.82) is 0 Å². The summed E-state index contributed by atoms with van der Waals surface area (Å²) in [5.74, 6) is 1.77. The Kier molecular flexibility index (Phi) is 10.4. The van der Waals surface area contributed by atoms with Gasteiger partial charge in [0.25, 0.3) is 5.56 Å². The van der Waals surface area contributed by atoms with Crippen LogP contribution >= 0.6 is 11.8 Å². The van der Waals surface area contributed by atoms with Crippen LogP contribution in [0.2, 0.25) is 0 Å². The number of hydrogen-bond acceptors (Lipinski definition) is 11. The molecule has 5 aliphatic rings. The number of aromatic amines is 1. The highest BCUT2D eigenvalue weighted by Crippen LogP contribution is 2.31. The van der Waals surface area contributed by atoms with E-state index in [9.17, 15) is 14.4 Å². The number of rotatable bonds is 10. The van der Waals surface area contributed by atoms with Crippen LogP contribution in [0.25, 0.3) is 16.6 Å². The number of nitrogens with one attached hydrogen (secondary N) is 2. The number of imidazole rings is 1. The molecule has 0 bridgehead atoms. The molecule has 0 saturated carbocycles. The zero-order valence-corrected chi connectivity index (χ0v) is 31.8. The van der Waals surface area contributed by atoms with Crippen molar-refractivity contribution in [2.24, 2.45) is 5.92 Å². The molecule has 3 aromatic heterocycles. The normalized spacial score (nSPS) is 21.8. The number of amides is 3. The van der Waals surface area contributed by atoms with E-state index in [1.54, 1.807) is 28.9 Å². The van der Waals surface area contributed by atoms with E-state index < -0.39 is 17.4 Å². The summed E-state index contributed by atoms with van der Waals surface area (Å²) < 4.78 is 28.5. The highest BCUT2D eigenvalue weighted by molar-refractivity contribution is 7.99. The fourth-order valence-electron chi connectivity index (χ4n) is 8.78. The Labute approximate surface area is 322 Å². The van der Waals surface area contributed by atoms with E-state index in [-0.39, 0.29) is 17.7 Å². The highest BCUT2D eigenvalue weighted by Gasteiger charge is 2.38. The predicted molar refractivity (Wildman–Crippen MR) is 209 cm³/mol. The number of halogens is 1. The molecule has 5 saturated heterocycles.